The highest BCUT2D eigenvalue weighted by atomic mass is 16.2. The van der Waals surface area contributed by atoms with Crippen LogP contribution in [0.2, 0.25) is 0 Å². The van der Waals surface area contributed by atoms with Crippen molar-refractivity contribution in [3.05, 3.63) is 65.2 Å². The number of amides is 1. The van der Waals surface area contributed by atoms with Crippen LogP contribution in [-0.2, 0) is 6.54 Å². The highest BCUT2D eigenvalue weighted by Gasteiger charge is 2.19. The summed E-state index contributed by atoms with van der Waals surface area (Å²) in [6, 6.07) is 16.4. The molecule has 2 heterocycles. The first kappa shape index (κ1) is 21.2. The minimum atomic E-state index is 0.0497. The molecule has 3 aromatic rings. The molecular weight excluding hydrogens is 384 g/mol. The normalized spacial score (nSPS) is 13.9. The fourth-order valence-corrected chi connectivity index (χ4v) is 4.28. The van der Waals surface area contributed by atoms with Crippen LogP contribution in [0, 0.1) is 12.8 Å². The average molecular weight is 417 g/mol. The van der Waals surface area contributed by atoms with Gasteiger partial charge in [0.2, 0.25) is 0 Å². The van der Waals surface area contributed by atoms with Gasteiger partial charge in [0.05, 0.1) is 5.52 Å². The van der Waals surface area contributed by atoms with E-state index in [4.69, 9.17) is 5.73 Å². The van der Waals surface area contributed by atoms with Crippen molar-refractivity contribution >= 4 is 28.3 Å². The number of pyridine rings is 1. The second-order valence-corrected chi connectivity index (χ2v) is 9.04. The standard InChI is InChI=1S/C26H32N4O/c1-18(2)16-30(17-20-6-9-23(10-7-20)29-12-4-5-13-29)26(31)21-8-11-24-22(15-21)14-19(3)25(27)28-24/h6-11,14-15,18H,4-5,12-13,16-17H2,1-3H3,(H2,27,28). The third kappa shape index (κ3) is 4.82. The van der Waals surface area contributed by atoms with Gasteiger partial charge in [0.15, 0.2) is 0 Å². The molecule has 162 valence electrons. The second-order valence-electron chi connectivity index (χ2n) is 9.04. The number of nitrogen functional groups attached to an aromatic ring is 1. The quantitative estimate of drug-likeness (QED) is 0.613. The zero-order chi connectivity index (χ0) is 22.0. The van der Waals surface area contributed by atoms with Gasteiger partial charge >= 0.3 is 0 Å². The molecule has 2 N–H and O–H groups in total. The topological polar surface area (TPSA) is 62.5 Å². The molecule has 0 aliphatic carbocycles. The lowest BCUT2D eigenvalue weighted by atomic mass is 10.1. The van der Waals surface area contributed by atoms with Crippen molar-refractivity contribution < 1.29 is 4.79 Å². The van der Waals surface area contributed by atoms with Crippen molar-refractivity contribution in [1.82, 2.24) is 9.88 Å². The predicted octanol–water partition coefficient (Wildman–Crippen LogP) is 5.02. The van der Waals surface area contributed by atoms with E-state index >= 15 is 0 Å². The van der Waals surface area contributed by atoms with Gasteiger partial charge in [-0.05, 0) is 73.2 Å². The number of rotatable bonds is 6. The fraction of sp³-hybridized carbons (Fsp3) is 0.385. The highest BCUT2D eigenvalue weighted by molar-refractivity contribution is 5.98. The van der Waals surface area contributed by atoms with Gasteiger partial charge in [0, 0.05) is 42.8 Å². The third-order valence-corrected chi connectivity index (χ3v) is 5.95. The molecule has 1 amide bonds. The number of aryl methyl sites for hydroxylation is 1. The molecule has 4 rings (SSSR count). The smallest absolute Gasteiger partial charge is 0.254 e. The first-order valence-corrected chi connectivity index (χ1v) is 11.2. The minimum absolute atomic E-state index is 0.0497. The van der Waals surface area contributed by atoms with Gasteiger partial charge in [-0.2, -0.15) is 0 Å². The Balaban J connectivity index is 1.56. The van der Waals surface area contributed by atoms with Crippen LogP contribution >= 0.6 is 0 Å². The van der Waals surface area contributed by atoms with Gasteiger partial charge in [0.25, 0.3) is 5.91 Å². The van der Waals surface area contributed by atoms with E-state index in [2.05, 4.69) is 48.0 Å². The van der Waals surface area contributed by atoms with Crippen molar-refractivity contribution in [2.45, 2.75) is 40.2 Å². The number of fused-ring (bicyclic) bond motifs is 1. The Kier molecular flexibility index (Phi) is 6.12. The van der Waals surface area contributed by atoms with Crippen molar-refractivity contribution in [2.24, 2.45) is 5.92 Å². The van der Waals surface area contributed by atoms with E-state index in [1.54, 1.807) is 0 Å². The second kappa shape index (κ2) is 8.96. The van der Waals surface area contributed by atoms with Crippen molar-refractivity contribution in [2.75, 3.05) is 30.3 Å². The molecule has 1 aromatic heterocycles. The van der Waals surface area contributed by atoms with Gasteiger partial charge in [-0.1, -0.05) is 26.0 Å². The number of aromatic nitrogens is 1. The molecule has 31 heavy (non-hydrogen) atoms. The number of carbonyl (C=O) groups is 1. The third-order valence-electron chi connectivity index (χ3n) is 5.95. The molecule has 0 atom stereocenters. The van der Waals surface area contributed by atoms with Crippen LogP contribution in [0.25, 0.3) is 10.9 Å². The summed E-state index contributed by atoms with van der Waals surface area (Å²) >= 11 is 0. The van der Waals surface area contributed by atoms with Gasteiger partial charge in [-0.25, -0.2) is 4.98 Å². The molecule has 1 aliphatic heterocycles. The Morgan fingerprint density at radius 1 is 1.10 bits per heavy atom. The Morgan fingerprint density at radius 2 is 1.81 bits per heavy atom. The Hall–Kier alpha value is -3.08. The minimum Gasteiger partial charge on any atom is -0.383 e. The summed E-state index contributed by atoms with van der Waals surface area (Å²) < 4.78 is 0. The lowest BCUT2D eigenvalue weighted by molar-refractivity contribution is 0.0723. The van der Waals surface area contributed by atoms with E-state index in [0.717, 1.165) is 35.1 Å². The predicted molar refractivity (Wildman–Crippen MR) is 128 cm³/mol. The first-order valence-electron chi connectivity index (χ1n) is 11.2. The molecule has 5 heteroatoms. The number of nitrogens with two attached hydrogens (primary N) is 1. The fourth-order valence-electron chi connectivity index (χ4n) is 4.28. The summed E-state index contributed by atoms with van der Waals surface area (Å²) in [4.78, 5) is 22.2. The van der Waals surface area contributed by atoms with E-state index in [1.165, 1.54) is 18.5 Å². The van der Waals surface area contributed by atoms with E-state index in [9.17, 15) is 4.79 Å². The van der Waals surface area contributed by atoms with E-state index in [-0.39, 0.29) is 5.91 Å². The van der Waals surface area contributed by atoms with E-state index in [1.807, 2.05) is 36.1 Å². The highest BCUT2D eigenvalue weighted by Crippen LogP contribution is 2.23. The summed E-state index contributed by atoms with van der Waals surface area (Å²) in [6.07, 6.45) is 2.54. The molecule has 2 aromatic carbocycles. The van der Waals surface area contributed by atoms with E-state index < -0.39 is 0 Å². The van der Waals surface area contributed by atoms with Crippen molar-refractivity contribution in [1.29, 1.82) is 0 Å². The monoisotopic (exact) mass is 416 g/mol. The van der Waals surface area contributed by atoms with Gasteiger partial charge in [-0.3, -0.25) is 4.79 Å². The molecule has 0 radical (unpaired) electrons. The number of nitrogens with zero attached hydrogens (tertiary/aromatic N) is 3. The maximum atomic E-state index is 13.4. The molecule has 0 saturated carbocycles. The maximum Gasteiger partial charge on any atom is 0.254 e. The summed E-state index contributed by atoms with van der Waals surface area (Å²) in [5.41, 5.74) is 10.8. The van der Waals surface area contributed by atoms with Crippen molar-refractivity contribution in [3.8, 4) is 0 Å². The lowest BCUT2D eigenvalue weighted by Gasteiger charge is -2.25. The Bertz CT molecular complexity index is 1070. The van der Waals surface area contributed by atoms with Crippen LogP contribution in [0.4, 0.5) is 11.5 Å². The van der Waals surface area contributed by atoms with Crippen LogP contribution in [0.3, 0.4) is 0 Å². The van der Waals surface area contributed by atoms with Crippen LogP contribution in [0.15, 0.2) is 48.5 Å². The number of carbonyl (C=O) groups excluding carboxylic acids is 1. The maximum absolute atomic E-state index is 13.4. The number of hydrogen-bond donors (Lipinski definition) is 1. The molecule has 5 nitrogen and oxygen atoms in total. The molecular formula is C26H32N4O. The van der Waals surface area contributed by atoms with Gasteiger partial charge in [0.1, 0.15) is 5.82 Å². The molecule has 1 fully saturated rings. The zero-order valence-electron chi connectivity index (χ0n) is 18.8. The van der Waals surface area contributed by atoms with Crippen LogP contribution in [0.1, 0.15) is 48.2 Å². The molecule has 0 spiro atoms. The molecule has 0 unspecified atom stereocenters. The molecule has 1 aliphatic rings. The first-order chi connectivity index (χ1) is 14.9. The number of benzene rings is 2. The van der Waals surface area contributed by atoms with Crippen molar-refractivity contribution in [3.63, 3.8) is 0 Å². The largest absolute Gasteiger partial charge is 0.383 e. The molecule has 0 bridgehead atoms. The van der Waals surface area contributed by atoms with Gasteiger partial charge < -0.3 is 15.5 Å². The molecule has 1 saturated heterocycles. The zero-order valence-corrected chi connectivity index (χ0v) is 18.8. The Labute approximate surface area is 184 Å². The van der Waals surface area contributed by atoms with Crippen LogP contribution in [0.5, 0.6) is 0 Å². The SMILES string of the molecule is Cc1cc2cc(C(=O)N(Cc3ccc(N4CCCC4)cc3)CC(C)C)ccc2nc1N. The van der Waals surface area contributed by atoms with Gasteiger partial charge in [-0.15, -0.1) is 0 Å². The summed E-state index contributed by atoms with van der Waals surface area (Å²) in [5, 5.41) is 0.942. The summed E-state index contributed by atoms with van der Waals surface area (Å²) in [7, 11) is 0. The summed E-state index contributed by atoms with van der Waals surface area (Å²) in [6.45, 7) is 9.82. The average Bonchev–Trinajstić information content (AvgIpc) is 3.28. The Morgan fingerprint density at radius 3 is 2.48 bits per heavy atom. The number of anilines is 2. The van der Waals surface area contributed by atoms with E-state index in [0.29, 0.717) is 30.4 Å². The van der Waals surface area contributed by atoms with Crippen LogP contribution < -0.4 is 10.6 Å². The number of hydrogen-bond acceptors (Lipinski definition) is 4. The lowest BCUT2D eigenvalue weighted by Crippen LogP contribution is -2.33. The summed E-state index contributed by atoms with van der Waals surface area (Å²) in [5.74, 6) is 0.969. The van der Waals surface area contributed by atoms with Crippen LogP contribution in [-0.4, -0.2) is 35.4 Å².